The van der Waals surface area contributed by atoms with Gasteiger partial charge in [-0.25, -0.2) is 0 Å². The fourth-order valence-electron chi connectivity index (χ4n) is 3.39. The SMILES string of the molecule is CCCC(C)(O)CNC1CCCCC1C(C)(C)C. The van der Waals surface area contributed by atoms with Gasteiger partial charge in [0.15, 0.2) is 0 Å². The number of nitrogens with one attached hydrogen (secondary N) is 1. The Balaban J connectivity index is 2.53. The first kappa shape index (κ1) is 16.0. The first-order chi connectivity index (χ1) is 8.26. The minimum Gasteiger partial charge on any atom is -0.389 e. The van der Waals surface area contributed by atoms with Crippen LogP contribution in [0.5, 0.6) is 0 Å². The molecule has 0 radical (unpaired) electrons. The Morgan fingerprint density at radius 3 is 2.28 bits per heavy atom. The van der Waals surface area contributed by atoms with E-state index in [9.17, 15) is 5.11 Å². The standard InChI is InChI=1S/C16H33NO/c1-6-11-16(5,18)12-17-14-10-8-7-9-13(14)15(2,3)4/h13-14,17-18H,6-12H2,1-5H3. The molecule has 2 nitrogen and oxygen atoms in total. The summed E-state index contributed by atoms with van der Waals surface area (Å²) in [6, 6.07) is 0.585. The molecular formula is C16H33NO. The highest BCUT2D eigenvalue weighted by Gasteiger charge is 2.34. The molecule has 0 aromatic heterocycles. The highest BCUT2D eigenvalue weighted by Crippen LogP contribution is 2.38. The van der Waals surface area contributed by atoms with Crippen LogP contribution < -0.4 is 5.32 Å². The van der Waals surface area contributed by atoms with E-state index in [0.717, 1.165) is 25.3 Å². The molecule has 1 saturated carbocycles. The molecule has 0 aliphatic heterocycles. The van der Waals surface area contributed by atoms with Crippen molar-refractivity contribution in [3.63, 3.8) is 0 Å². The van der Waals surface area contributed by atoms with Gasteiger partial charge in [-0.05, 0) is 37.5 Å². The maximum Gasteiger partial charge on any atom is 0.0743 e. The molecule has 1 rings (SSSR count). The van der Waals surface area contributed by atoms with E-state index in [2.05, 4.69) is 33.0 Å². The lowest BCUT2D eigenvalue weighted by Crippen LogP contribution is -2.49. The molecule has 0 aromatic rings. The van der Waals surface area contributed by atoms with Crippen LogP contribution in [0.25, 0.3) is 0 Å². The smallest absolute Gasteiger partial charge is 0.0743 e. The van der Waals surface area contributed by atoms with E-state index >= 15 is 0 Å². The van der Waals surface area contributed by atoms with E-state index in [1.165, 1.54) is 25.7 Å². The van der Waals surface area contributed by atoms with Gasteiger partial charge >= 0.3 is 0 Å². The predicted octanol–water partition coefficient (Wildman–Crippen LogP) is 3.73. The summed E-state index contributed by atoms with van der Waals surface area (Å²) < 4.78 is 0. The first-order valence-corrected chi connectivity index (χ1v) is 7.72. The topological polar surface area (TPSA) is 32.3 Å². The summed E-state index contributed by atoms with van der Waals surface area (Å²) in [7, 11) is 0. The number of aliphatic hydroxyl groups is 1. The van der Waals surface area contributed by atoms with Gasteiger partial charge in [-0.2, -0.15) is 0 Å². The average molecular weight is 255 g/mol. The minimum atomic E-state index is -0.547. The van der Waals surface area contributed by atoms with Crippen LogP contribution in [0.15, 0.2) is 0 Å². The predicted molar refractivity (Wildman–Crippen MR) is 78.7 cm³/mol. The van der Waals surface area contributed by atoms with Crippen molar-refractivity contribution in [2.75, 3.05) is 6.54 Å². The molecular weight excluding hydrogens is 222 g/mol. The summed E-state index contributed by atoms with van der Waals surface area (Å²) >= 11 is 0. The van der Waals surface area contributed by atoms with E-state index in [1.807, 2.05) is 6.92 Å². The van der Waals surface area contributed by atoms with Gasteiger partial charge in [-0.1, -0.05) is 47.0 Å². The van der Waals surface area contributed by atoms with Crippen LogP contribution in [0.1, 0.15) is 73.1 Å². The van der Waals surface area contributed by atoms with Gasteiger partial charge in [-0.3, -0.25) is 0 Å². The second-order valence-electron chi connectivity index (χ2n) is 7.49. The fourth-order valence-corrected chi connectivity index (χ4v) is 3.39. The van der Waals surface area contributed by atoms with Gasteiger partial charge < -0.3 is 10.4 Å². The molecule has 2 N–H and O–H groups in total. The highest BCUT2D eigenvalue weighted by atomic mass is 16.3. The van der Waals surface area contributed by atoms with E-state index in [4.69, 9.17) is 0 Å². The van der Waals surface area contributed by atoms with E-state index in [0.29, 0.717) is 11.5 Å². The Kier molecular flexibility index (Phi) is 5.67. The van der Waals surface area contributed by atoms with Crippen molar-refractivity contribution in [3.8, 4) is 0 Å². The molecule has 1 aliphatic carbocycles. The van der Waals surface area contributed by atoms with Gasteiger partial charge in [0.05, 0.1) is 5.60 Å². The van der Waals surface area contributed by atoms with Crippen LogP contribution in [-0.2, 0) is 0 Å². The molecule has 0 spiro atoms. The van der Waals surface area contributed by atoms with E-state index < -0.39 is 5.60 Å². The van der Waals surface area contributed by atoms with Crippen molar-refractivity contribution in [1.29, 1.82) is 0 Å². The number of hydrogen-bond donors (Lipinski definition) is 2. The molecule has 108 valence electrons. The van der Waals surface area contributed by atoms with Crippen molar-refractivity contribution in [2.45, 2.75) is 84.8 Å². The zero-order chi connectivity index (χ0) is 13.8. The quantitative estimate of drug-likeness (QED) is 0.784. The summed E-state index contributed by atoms with van der Waals surface area (Å²) in [6.07, 6.45) is 7.22. The molecule has 3 unspecified atom stereocenters. The lowest BCUT2D eigenvalue weighted by atomic mass is 9.69. The summed E-state index contributed by atoms with van der Waals surface area (Å²) in [6.45, 7) is 11.9. The Labute approximate surface area is 114 Å². The molecule has 0 saturated heterocycles. The molecule has 0 bridgehead atoms. The third-order valence-corrected chi connectivity index (χ3v) is 4.41. The molecule has 2 heteroatoms. The van der Waals surface area contributed by atoms with Crippen LogP contribution in [-0.4, -0.2) is 23.3 Å². The molecule has 0 aromatic carbocycles. The van der Waals surface area contributed by atoms with Crippen LogP contribution >= 0.6 is 0 Å². The Morgan fingerprint density at radius 2 is 1.72 bits per heavy atom. The van der Waals surface area contributed by atoms with Gasteiger partial charge in [-0.15, -0.1) is 0 Å². The van der Waals surface area contributed by atoms with E-state index in [1.54, 1.807) is 0 Å². The first-order valence-electron chi connectivity index (χ1n) is 7.72. The van der Waals surface area contributed by atoms with Crippen molar-refractivity contribution >= 4 is 0 Å². The Hall–Kier alpha value is -0.0800. The maximum absolute atomic E-state index is 10.3. The molecule has 0 amide bonds. The summed E-state index contributed by atoms with van der Waals surface area (Å²) in [5.74, 6) is 0.740. The zero-order valence-electron chi connectivity index (χ0n) is 13.1. The summed E-state index contributed by atoms with van der Waals surface area (Å²) in [5.41, 5.74) is -0.177. The average Bonchev–Trinajstić information content (AvgIpc) is 2.26. The lowest BCUT2D eigenvalue weighted by Gasteiger charge is -2.42. The molecule has 1 aliphatic rings. The van der Waals surface area contributed by atoms with Gasteiger partial charge in [0.2, 0.25) is 0 Å². The number of rotatable bonds is 5. The van der Waals surface area contributed by atoms with Gasteiger partial charge in [0.25, 0.3) is 0 Å². The largest absolute Gasteiger partial charge is 0.389 e. The lowest BCUT2D eigenvalue weighted by molar-refractivity contribution is 0.0356. The fraction of sp³-hybridized carbons (Fsp3) is 1.00. The van der Waals surface area contributed by atoms with Crippen LogP contribution in [0.4, 0.5) is 0 Å². The van der Waals surface area contributed by atoms with Crippen LogP contribution in [0.3, 0.4) is 0 Å². The minimum absolute atomic E-state index is 0.370. The summed E-state index contributed by atoms with van der Waals surface area (Å²) in [5, 5.41) is 13.9. The maximum atomic E-state index is 10.3. The monoisotopic (exact) mass is 255 g/mol. The second kappa shape index (κ2) is 6.38. The Morgan fingerprint density at radius 1 is 1.11 bits per heavy atom. The van der Waals surface area contributed by atoms with Gasteiger partial charge in [0, 0.05) is 12.6 Å². The molecule has 1 fully saturated rings. The highest BCUT2D eigenvalue weighted by molar-refractivity contribution is 4.89. The van der Waals surface area contributed by atoms with Gasteiger partial charge in [0.1, 0.15) is 0 Å². The molecule has 0 heterocycles. The zero-order valence-corrected chi connectivity index (χ0v) is 13.1. The molecule has 3 atom stereocenters. The van der Waals surface area contributed by atoms with Crippen molar-refractivity contribution in [3.05, 3.63) is 0 Å². The third kappa shape index (κ3) is 4.89. The second-order valence-corrected chi connectivity index (χ2v) is 7.49. The van der Waals surface area contributed by atoms with Crippen LogP contribution in [0, 0.1) is 11.3 Å². The normalized spacial score (nSPS) is 29.0. The third-order valence-electron chi connectivity index (χ3n) is 4.41. The summed E-state index contributed by atoms with van der Waals surface area (Å²) in [4.78, 5) is 0. The molecule has 18 heavy (non-hydrogen) atoms. The van der Waals surface area contributed by atoms with Crippen LogP contribution in [0.2, 0.25) is 0 Å². The van der Waals surface area contributed by atoms with Crippen molar-refractivity contribution in [1.82, 2.24) is 5.32 Å². The Bertz CT molecular complexity index is 242. The number of hydrogen-bond acceptors (Lipinski definition) is 2. The van der Waals surface area contributed by atoms with Crippen molar-refractivity contribution < 1.29 is 5.11 Å². The van der Waals surface area contributed by atoms with E-state index in [-0.39, 0.29) is 0 Å². The van der Waals surface area contributed by atoms with Crippen molar-refractivity contribution in [2.24, 2.45) is 11.3 Å².